The van der Waals surface area contributed by atoms with E-state index in [-0.39, 0.29) is 5.91 Å². The lowest BCUT2D eigenvalue weighted by Gasteiger charge is -2.18. The van der Waals surface area contributed by atoms with Crippen molar-refractivity contribution in [3.63, 3.8) is 0 Å². The van der Waals surface area contributed by atoms with E-state index < -0.39 is 0 Å². The number of hydrogen-bond donors (Lipinski definition) is 1. The van der Waals surface area contributed by atoms with Crippen molar-refractivity contribution in [1.29, 1.82) is 0 Å². The second-order valence-corrected chi connectivity index (χ2v) is 9.40. The Bertz CT molecular complexity index is 1180. The van der Waals surface area contributed by atoms with Gasteiger partial charge in [-0.2, -0.15) is 0 Å². The van der Waals surface area contributed by atoms with Gasteiger partial charge in [0.15, 0.2) is 0 Å². The Balaban J connectivity index is 1.17. The number of aromatic nitrogens is 2. The first-order valence-corrected chi connectivity index (χ1v) is 11.9. The second kappa shape index (κ2) is 9.09. The number of imidazole rings is 1. The fourth-order valence-corrected chi connectivity index (χ4v) is 4.83. The van der Waals surface area contributed by atoms with Crippen LogP contribution in [0.3, 0.4) is 0 Å². The predicted octanol–water partition coefficient (Wildman–Crippen LogP) is 5.73. The molecule has 4 aromatic rings. The number of benzene rings is 2. The molecule has 1 atom stereocenters. The van der Waals surface area contributed by atoms with E-state index in [9.17, 15) is 4.79 Å². The number of rotatable bonds is 6. The Morgan fingerprint density at radius 2 is 1.91 bits per heavy atom. The molecule has 1 unspecified atom stereocenters. The Labute approximate surface area is 192 Å². The molecule has 2 aromatic carbocycles. The van der Waals surface area contributed by atoms with Crippen LogP contribution < -0.4 is 10.2 Å². The Morgan fingerprint density at radius 1 is 1.09 bits per heavy atom. The molecule has 0 saturated carbocycles. The minimum atomic E-state index is -0.0931. The van der Waals surface area contributed by atoms with E-state index >= 15 is 0 Å². The van der Waals surface area contributed by atoms with Gasteiger partial charge in [-0.25, -0.2) is 4.98 Å². The maximum Gasteiger partial charge on any atom is 0.255 e. The highest BCUT2D eigenvalue weighted by molar-refractivity contribution is 7.98. The summed E-state index contributed by atoms with van der Waals surface area (Å²) in [6.45, 7) is 4.50. The highest BCUT2D eigenvalue weighted by atomic mass is 32.2. The van der Waals surface area contributed by atoms with Crippen molar-refractivity contribution >= 4 is 34.7 Å². The molecule has 1 amide bonds. The quantitative estimate of drug-likeness (QED) is 0.388. The predicted molar refractivity (Wildman–Crippen MR) is 132 cm³/mol. The summed E-state index contributed by atoms with van der Waals surface area (Å²) in [7, 11) is 0. The van der Waals surface area contributed by atoms with Crippen molar-refractivity contribution in [3.05, 3.63) is 90.4 Å². The zero-order chi connectivity index (χ0) is 21.9. The Morgan fingerprint density at radius 3 is 2.62 bits per heavy atom. The van der Waals surface area contributed by atoms with Gasteiger partial charge >= 0.3 is 0 Å². The first-order valence-electron chi connectivity index (χ1n) is 11.0. The molecule has 1 aliphatic rings. The number of pyridine rings is 1. The van der Waals surface area contributed by atoms with Gasteiger partial charge < -0.3 is 14.6 Å². The summed E-state index contributed by atoms with van der Waals surface area (Å²) in [5, 5.41) is 3.00. The third-order valence-corrected chi connectivity index (χ3v) is 6.88. The van der Waals surface area contributed by atoms with Crippen LogP contribution in [-0.2, 0) is 5.75 Å². The van der Waals surface area contributed by atoms with Gasteiger partial charge in [0.1, 0.15) is 5.65 Å². The van der Waals surface area contributed by atoms with Gasteiger partial charge in [0.2, 0.25) is 0 Å². The number of anilines is 2. The van der Waals surface area contributed by atoms with Gasteiger partial charge in [-0.1, -0.05) is 13.0 Å². The van der Waals surface area contributed by atoms with Crippen molar-refractivity contribution in [2.24, 2.45) is 5.92 Å². The van der Waals surface area contributed by atoms with Gasteiger partial charge in [0.25, 0.3) is 5.91 Å². The fraction of sp³-hybridized carbons (Fsp3) is 0.231. The summed E-state index contributed by atoms with van der Waals surface area (Å²) in [5.74, 6) is 1.44. The molecule has 1 N–H and O–H groups in total. The van der Waals surface area contributed by atoms with E-state index in [1.807, 2.05) is 65.2 Å². The number of hydrogen-bond acceptors (Lipinski definition) is 4. The average Bonchev–Trinajstić information content (AvgIpc) is 3.44. The van der Waals surface area contributed by atoms with Crippen LogP contribution in [0.5, 0.6) is 0 Å². The third kappa shape index (κ3) is 4.65. The molecule has 2 aromatic heterocycles. The van der Waals surface area contributed by atoms with Crippen LogP contribution in [-0.4, -0.2) is 28.4 Å². The molecule has 162 valence electrons. The number of carbonyl (C=O) groups excluding carboxylic acids is 1. The van der Waals surface area contributed by atoms with Crippen LogP contribution >= 0.6 is 11.8 Å². The maximum atomic E-state index is 12.6. The fourth-order valence-electron chi connectivity index (χ4n) is 4.04. The zero-order valence-electron chi connectivity index (χ0n) is 18.1. The van der Waals surface area contributed by atoms with Gasteiger partial charge in [-0.05, 0) is 73.0 Å². The molecule has 32 heavy (non-hydrogen) atoms. The van der Waals surface area contributed by atoms with E-state index in [1.165, 1.54) is 12.1 Å². The number of fused-ring (bicyclic) bond motifs is 1. The van der Waals surface area contributed by atoms with Crippen LogP contribution in [0.2, 0.25) is 0 Å². The molecule has 0 spiro atoms. The summed E-state index contributed by atoms with van der Waals surface area (Å²) in [4.78, 5) is 20.8. The summed E-state index contributed by atoms with van der Waals surface area (Å²) in [6.07, 6.45) is 5.30. The van der Waals surface area contributed by atoms with Crippen LogP contribution in [0.4, 0.5) is 11.4 Å². The van der Waals surface area contributed by atoms with Crippen molar-refractivity contribution in [1.82, 2.24) is 9.38 Å². The highest BCUT2D eigenvalue weighted by Crippen LogP contribution is 2.26. The Hall–Kier alpha value is -3.25. The van der Waals surface area contributed by atoms with Gasteiger partial charge in [0, 0.05) is 53.1 Å². The van der Waals surface area contributed by atoms with Crippen LogP contribution in [0, 0.1) is 5.92 Å². The SMILES string of the molecule is CC1CCN(c2ccc(NC(=O)c3ccc(SCc4cn5ccccc5n4)cc3)cc2)C1. The largest absolute Gasteiger partial charge is 0.371 e. The van der Waals surface area contributed by atoms with Crippen molar-refractivity contribution in [2.75, 3.05) is 23.3 Å². The van der Waals surface area contributed by atoms with Gasteiger partial charge in [0.05, 0.1) is 5.69 Å². The van der Waals surface area contributed by atoms with Crippen LogP contribution in [0.1, 0.15) is 29.4 Å². The summed E-state index contributed by atoms with van der Waals surface area (Å²) in [5.41, 5.74) is 4.68. The number of thioether (sulfide) groups is 1. The lowest BCUT2D eigenvalue weighted by Crippen LogP contribution is -2.19. The molecule has 3 heterocycles. The molecular formula is C26H26N4OS. The minimum Gasteiger partial charge on any atom is -0.371 e. The lowest BCUT2D eigenvalue weighted by atomic mass is 10.2. The van der Waals surface area contributed by atoms with E-state index in [2.05, 4.69) is 40.5 Å². The number of nitrogens with one attached hydrogen (secondary N) is 1. The molecule has 0 radical (unpaired) electrons. The van der Waals surface area contributed by atoms with Crippen LogP contribution in [0.25, 0.3) is 5.65 Å². The maximum absolute atomic E-state index is 12.6. The molecule has 1 saturated heterocycles. The molecule has 0 aliphatic carbocycles. The first kappa shape index (κ1) is 20.6. The van der Waals surface area contributed by atoms with E-state index in [0.29, 0.717) is 5.56 Å². The van der Waals surface area contributed by atoms with E-state index in [4.69, 9.17) is 0 Å². The molecule has 5 nitrogen and oxygen atoms in total. The molecule has 5 rings (SSSR count). The smallest absolute Gasteiger partial charge is 0.255 e. The molecule has 1 aliphatic heterocycles. The Kier molecular flexibility index (Phi) is 5.86. The van der Waals surface area contributed by atoms with Crippen LogP contribution in [0.15, 0.2) is 84.0 Å². The van der Waals surface area contributed by atoms with E-state index in [0.717, 1.165) is 46.7 Å². The summed E-state index contributed by atoms with van der Waals surface area (Å²) in [6, 6.07) is 21.9. The lowest BCUT2D eigenvalue weighted by molar-refractivity contribution is 0.102. The third-order valence-electron chi connectivity index (χ3n) is 5.83. The first-order chi connectivity index (χ1) is 15.6. The highest BCUT2D eigenvalue weighted by Gasteiger charge is 2.18. The number of amides is 1. The monoisotopic (exact) mass is 442 g/mol. The number of nitrogens with zero attached hydrogens (tertiary/aromatic N) is 3. The molecule has 6 heteroatoms. The van der Waals surface area contributed by atoms with Crippen molar-refractivity contribution < 1.29 is 4.79 Å². The van der Waals surface area contributed by atoms with Crippen molar-refractivity contribution in [2.45, 2.75) is 24.0 Å². The average molecular weight is 443 g/mol. The molecule has 1 fully saturated rings. The standard InChI is InChI=1S/C26H26N4OS/c1-19-13-15-29(16-19)23-9-7-21(8-10-23)28-26(31)20-5-11-24(12-6-20)32-18-22-17-30-14-3-2-4-25(30)27-22/h2-12,14,17,19H,13,15-16,18H2,1H3,(H,28,31). The molecule has 0 bridgehead atoms. The zero-order valence-corrected chi connectivity index (χ0v) is 18.9. The van der Waals surface area contributed by atoms with Gasteiger partial charge in [-0.15, -0.1) is 11.8 Å². The van der Waals surface area contributed by atoms with E-state index in [1.54, 1.807) is 11.8 Å². The van der Waals surface area contributed by atoms with Crippen molar-refractivity contribution in [3.8, 4) is 0 Å². The topological polar surface area (TPSA) is 49.6 Å². The summed E-state index contributed by atoms with van der Waals surface area (Å²) < 4.78 is 2.03. The second-order valence-electron chi connectivity index (χ2n) is 8.35. The normalized spacial score (nSPS) is 15.9. The minimum absolute atomic E-state index is 0.0931. The summed E-state index contributed by atoms with van der Waals surface area (Å²) >= 11 is 1.71. The molecular weight excluding hydrogens is 416 g/mol. The van der Waals surface area contributed by atoms with Gasteiger partial charge in [-0.3, -0.25) is 4.79 Å². The number of carbonyl (C=O) groups is 1.